The Balaban J connectivity index is 1.89. The SMILES string of the molecule is CN(C)c1ccc(/C=c2\c(=O)nc3sc(=C4C=CC(=O)C=C4)[nH]n-3c2=N)cc1. The number of anilines is 1. The van der Waals surface area contributed by atoms with E-state index >= 15 is 0 Å². The summed E-state index contributed by atoms with van der Waals surface area (Å²) in [5.74, 6) is -0.0733. The van der Waals surface area contributed by atoms with Crippen LogP contribution in [0.2, 0.25) is 0 Å². The summed E-state index contributed by atoms with van der Waals surface area (Å²) >= 11 is 1.26. The van der Waals surface area contributed by atoms with Gasteiger partial charge in [0.1, 0.15) is 4.66 Å². The molecule has 1 aliphatic carbocycles. The fraction of sp³-hybridized carbons (Fsp3) is 0.100. The number of aromatic amines is 1. The molecule has 0 spiro atoms. The lowest BCUT2D eigenvalue weighted by molar-refractivity contribution is -0.110. The minimum Gasteiger partial charge on any atom is -0.378 e. The lowest BCUT2D eigenvalue weighted by Crippen LogP contribution is -2.47. The largest absolute Gasteiger partial charge is 0.378 e. The Bertz CT molecular complexity index is 1320. The van der Waals surface area contributed by atoms with Crippen LogP contribution in [0.5, 0.6) is 0 Å². The summed E-state index contributed by atoms with van der Waals surface area (Å²) in [5, 5.41) is 12.2. The topological polar surface area (TPSA) is 94.8 Å². The molecule has 2 aliphatic heterocycles. The van der Waals surface area contributed by atoms with Gasteiger partial charge in [-0.2, -0.15) is 4.98 Å². The maximum Gasteiger partial charge on any atom is 0.283 e. The number of H-pyrrole nitrogens is 1. The average Bonchev–Trinajstić information content (AvgIpc) is 3.10. The third kappa shape index (κ3) is 3.25. The van der Waals surface area contributed by atoms with Crippen molar-refractivity contribution in [2.75, 3.05) is 19.0 Å². The fourth-order valence-electron chi connectivity index (χ4n) is 2.80. The molecule has 0 bridgehead atoms. The van der Waals surface area contributed by atoms with E-state index in [2.05, 4.69) is 10.1 Å². The number of rotatable bonds is 2. The molecular weight excluding hydrogens is 374 g/mol. The summed E-state index contributed by atoms with van der Waals surface area (Å²) in [7, 11) is 3.92. The van der Waals surface area contributed by atoms with Crippen molar-refractivity contribution in [3.63, 3.8) is 0 Å². The summed E-state index contributed by atoms with van der Waals surface area (Å²) < 4.78 is 2.19. The molecule has 1 aromatic rings. The first-order valence-electron chi connectivity index (χ1n) is 8.52. The normalized spacial score (nSPS) is 14.3. The van der Waals surface area contributed by atoms with Gasteiger partial charge in [0.05, 0.1) is 5.22 Å². The van der Waals surface area contributed by atoms with Gasteiger partial charge in [0.15, 0.2) is 11.3 Å². The van der Waals surface area contributed by atoms with Gasteiger partial charge in [-0.05, 0) is 48.1 Å². The summed E-state index contributed by atoms with van der Waals surface area (Å²) in [5.41, 5.74) is 2.26. The Morgan fingerprint density at radius 3 is 2.43 bits per heavy atom. The van der Waals surface area contributed by atoms with Gasteiger partial charge in [0, 0.05) is 25.4 Å². The van der Waals surface area contributed by atoms with E-state index in [-0.39, 0.29) is 16.5 Å². The van der Waals surface area contributed by atoms with E-state index in [0.717, 1.165) is 16.8 Å². The number of nitrogens with one attached hydrogen (secondary N) is 2. The Morgan fingerprint density at radius 2 is 1.79 bits per heavy atom. The highest BCUT2D eigenvalue weighted by Crippen LogP contribution is 2.12. The lowest BCUT2D eigenvalue weighted by atomic mass is 10.1. The molecule has 7 nitrogen and oxygen atoms in total. The summed E-state index contributed by atoms with van der Waals surface area (Å²) in [6, 6.07) is 7.70. The number of ketones is 1. The van der Waals surface area contributed by atoms with Crippen LogP contribution < -0.4 is 25.8 Å². The number of carbonyl (C=O) groups is 1. The molecule has 0 saturated carbocycles. The van der Waals surface area contributed by atoms with E-state index in [1.54, 1.807) is 18.2 Å². The molecule has 1 aromatic carbocycles. The summed E-state index contributed by atoms with van der Waals surface area (Å²) in [4.78, 5) is 29.9. The van der Waals surface area contributed by atoms with Crippen LogP contribution >= 0.6 is 11.3 Å². The summed E-state index contributed by atoms with van der Waals surface area (Å²) in [6.45, 7) is 0. The van der Waals surface area contributed by atoms with Gasteiger partial charge in [-0.3, -0.25) is 20.1 Å². The van der Waals surface area contributed by atoms with Crippen LogP contribution in [0.25, 0.3) is 16.8 Å². The van der Waals surface area contributed by atoms with Crippen LogP contribution in [-0.2, 0) is 4.79 Å². The van der Waals surface area contributed by atoms with Crippen molar-refractivity contribution >= 4 is 34.5 Å². The molecular formula is C20H17N5O2S. The van der Waals surface area contributed by atoms with Crippen LogP contribution in [0.3, 0.4) is 0 Å². The molecule has 2 N–H and O–H groups in total. The highest BCUT2D eigenvalue weighted by atomic mass is 32.1. The number of fused-ring (bicyclic) bond motifs is 1. The number of carbonyl (C=O) groups excluding carboxylic acids is 1. The van der Waals surface area contributed by atoms with E-state index in [4.69, 9.17) is 5.41 Å². The molecule has 140 valence electrons. The highest BCUT2D eigenvalue weighted by Gasteiger charge is 2.12. The number of benzene rings is 1. The van der Waals surface area contributed by atoms with Crippen LogP contribution in [0.1, 0.15) is 5.56 Å². The van der Waals surface area contributed by atoms with Crippen molar-refractivity contribution in [1.29, 1.82) is 5.41 Å². The Morgan fingerprint density at radius 1 is 1.11 bits per heavy atom. The second-order valence-corrected chi connectivity index (χ2v) is 7.47. The number of nitrogens with zero attached hydrogens (tertiary/aromatic N) is 3. The number of aromatic nitrogens is 3. The van der Waals surface area contributed by atoms with Gasteiger partial charge in [0.25, 0.3) is 5.56 Å². The van der Waals surface area contributed by atoms with E-state index in [9.17, 15) is 9.59 Å². The molecule has 0 aromatic heterocycles. The second kappa shape index (κ2) is 6.90. The number of hydrogen-bond acceptors (Lipinski definition) is 6. The molecule has 8 heteroatoms. The first-order chi connectivity index (χ1) is 13.4. The van der Waals surface area contributed by atoms with Crippen molar-refractivity contribution in [3.05, 3.63) is 79.9 Å². The van der Waals surface area contributed by atoms with Crippen LogP contribution in [-0.4, -0.2) is 34.6 Å². The number of hydrogen-bond donors (Lipinski definition) is 2. The lowest BCUT2D eigenvalue weighted by Gasteiger charge is -2.11. The predicted octanol–water partition coefficient (Wildman–Crippen LogP) is 0.280. The van der Waals surface area contributed by atoms with Gasteiger partial charge in [-0.1, -0.05) is 23.5 Å². The molecule has 0 saturated heterocycles. The molecule has 0 amide bonds. The van der Waals surface area contributed by atoms with Gasteiger partial charge in [-0.15, -0.1) is 0 Å². The van der Waals surface area contributed by atoms with E-state index in [1.807, 2.05) is 43.3 Å². The Hall–Kier alpha value is -3.52. The fourth-order valence-corrected chi connectivity index (χ4v) is 3.73. The third-order valence-corrected chi connectivity index (χ3v) is 5.33. The average molecular weight is 391 g/mol. The Kier molecular flexibility index (Phi) is 4.40. The van der Waals surface area contributed by atoms with E-state index in [0.29, 0.717) is 9.79 Å². The number of allylic oxidation sites excluding steroid dienone is 4. The van der Waals surface area contributed by atoms with Crippen molar-refractivity contribution in [2.45, 2.75) is 0 Å². The standard InChI is InChI=1S/C20H17N5O2S/c1-24(2)14-7-3-12(4-8-14)11-16-17(21)25-20(22-18(16)27)28-19(23-25)13-5-9-15(26)10-6-13/h3-11,21,23H,1-2H3/b16-11-,21-17?. The maximum absolute atomic E-state index is 12.5. The molecule has 4 rings (SSSR count). The molecule has 3 aliphatic rings. The molecule has 0 fully saturated rings. The maximum atomic E-state index is 12.5. The van der Waals surface area contributed by atoms with Crippen LogP contribution in [0.15, 0.2) is 53.4 Å². The smallest absolute Gasteiger partial charge is 0.283 e. The minimum atomic E-state index is -0.446. The van der Waals surface area contributed by atoms with Gasteiger partial charge in [0.2, 0.25) is 5.13 Å². The first kappa shape index (κ1) is 17.9. The van der Waals surface area contributed by atoms with Crippen molar-refractivity contribution in [2.24, 2.45) is 0 Å². The molecule has 2 heterocycles. The molecule has 28 heavy (non-hydrogen) atoms. The summed E-state index contributed by atoms with van der Waals surface area (Å²) in [6.07, 6.45) is 8.02. The zero-order valence-corrected chi connectivity index (χ0v) is 16.1. The van der Waals surface area contributed by atoms with Crippen molar-refractivity contribution in [3.8, 4) is 5.13 Å². The van der Waals surface area contributed by atoms with Crippen molar-refractivity contribution in [1.82, 2.24) is 14.8 Å². The predicted molar refractivity (Wildman–Crippen MR) is 109 cm³/mol. The zero-order valence-electron chi connectivity index (χ0n) is 15.3. The highest BCUT2D eigenvalue weighted by molar-refractivity contribution is 7.11. The minimum absolute atomic E-state index is 0.0367. The quantitative estimate of drug-likeness (QED) is 0.656. The third-order valence-electron chi connectivity index (χ3n) is 4.34. The van der Waals surface area contributed by atoms with Crippen molar-refractivity contribution < 1.29 is 4.79 Å². The van der Waals surface area contributed by atoms with Gasteiger partial charge < -0.3 is 4.90 Å². The first-order valence-corrected chi connectivity index (χ1v) is 9.34. The van der Waals surface area contributed by atoms with E-state index < -0.39 is 5.56 Å². The zero-order chi connectivity index (χ0) is 19.8. The molecule has 0 unspecified atom stereocenters. The van der Waals surface area contributed by atoms with Crippen LogP contribution in [0.4, 0.5) is 5.69 Å². The van der Waals surface area contributed by atoms with Gasteiger partial charge >= 0.3 is 0 Å². The molecule has 0 radical (unpaired) electrons. The van der Waals surface area contributed by atoms with Crippen LogP contribution in [0, 0.1) is 5.41 Å². The van der Waals surface area contributed by atoms with Gasteiger partial charge in [-0.25, -0.2) is 4.68 Å². The Labute approximate surface area is 163 Å². The molecule has 0 atom stereocenters. The second-order valence-electron chi connectivity index (χ2n) is 6.49. The van der Waals surface area contributed by atoms with E-state index in [1.165, 1.54) is 28.2 Å². The monoisotopic (exact) mass is 391 g/mol.